The number of para-hydroxylation sites is 2. The normalized spacial score (nSPS) is 11.5. The largest absolute Gasteiger partial charge is 0.493 e. The first-order valence-electron chi connectivity index (χ1n) is 11.0. The van der Waals surface area contributed by atoms with E-state index in [0.29, 0.717) is 6.61 Å². The minimum absolute atomic E-state index is 0.621. The van der Waals surface area contributed by atoms with Crippen LogP contribution in [0.15, 0.2) is 47.5 Å². The van der Waals surface area contributed by atoms with Crippen LogP contribution in [-0.2, 0) is 12.8 Å². The molecule has 0 atom stereocenters. The van der Waals surface area contributed by atoms with Gasteiger partial charge in [-0.15, -0.1) is 0 Å². The number of methoxy groups -OCH3 is 1. The molecule has 0 aliphatic carbocycles. The predicted molar refractivity (Wildman–Crippen MR) is 126 cm³/mol. The molecule has 0 radical (unpaired) electrons. The van der Waals surface area contributed by atoms with E-state index >= 15 is 0 Å². The molecule has 0 spiro atoms. The van der Waals surface area contributed by atoms with Crippen molar-refractivity contribution in [3.63, 3.8) is 0 Å². The molecule has 0 unspecified atom stereocenters. The lowest BCUT2D eigenvalue weighted by Gasteiger charge is -2.12. The summed E-state index contributed by atoms with van der Waals surface area (Å²) in [6, 6.07) is 14.2. The van der Waals surface area contributed by atoms with Gasteiger partial charge in [0.05, 0.1) is 24.8 Å². The van der Waals surface area contributed by atoms with Crippen LogP contribution in [0.25, 0.3) is 11.0 Å². The van der Waals surface area contributed by atoms with Gasteiger partial charge < -0.3 is 25.1 Å². The predicted octanol–water partition coefficient (Wildman–Crippen LogP) is 3.70. The number of nitrogens with zero attached hydrogens (tertiary/aromatic N) is 2. The van der Waals surface area contributed by atoms with Crippen LogP contribution in [0.1, 0.15) is 31.7 Å². The highest BCUT2D eigenvalue weighted by Crippen LogP contribution is 2.28. The fraction of sp³-hybridized carbons (Fsp3) is 0.417. The number of nitrogens with one attached hydrogen (secondary N) is 3. The first kappa shape index (κ1) is 22.5. The first-order valence-corrected chi connectivity index (χ1v) is 11.0. The van der Waals surface area contributed by atoms with Crippen LogP contribution < -0.4 is 20.1 Å². The summed E-state index contributed by atoms with van der Waals surface area (Å²) in [6.45, 7) is 7.01. The Bertz CT molecular complexity index is 950. The summed E-state index contributed by atoms with van der Waals surface area (Å²) < 4.78 is 11.0. The molecule has 0 saturated carbocycles. The minimum atomic E-state index is 0.621. The van der Waals surface area contributed by atoms with Crippen molar-refractivity contribution in [2.24, 2.45) is 4.99 Å². The molecule has 7 nitrogen and oxygen atoms in total. The van der Waals surface area contributed by atoms with Gasteiger partial charge in [-0.3, -0.25) is 4.99 Å². The summed E-state index contributed by atoms with van der Waals surface area (Å²) in [7, 11) is 1.66. The van der Waals surface area contributed by atoms with Crippen LogP contribution in [-0.4, -0.2) is 49.3 Å². The van der Waals surface area contributed by atoms with E-state index in [2.05, 4.69) is 39.7 Å². The zero-order chi connectivity index (χ0) is 21.9. The lowest BCUT2D eigenvalue weighted by molar-refractivity contribution is 0.310. The third-order valence-corrected chi connectivity index (χ3v) is 4.86. The molecule has 31 heavy (non-hydrogen) atoms. The van der Waals surface area contributed by atoms with Crippen molar-refractivity contribution < 1.29 is 9.47 Å². The summed E-state index contributed by atoms with van der Waals surface area (Å²) in [5, 5.41) is 6.70. The van der Waals surface area contributed by atoms with Crippen molar-refractivity contribution in [1.82, 2.24) is 20.6 Å². The molecule has 2 aromatic carbocycles. The number of aryl methyl sites for hydroxylation is 1. The van der Waals surface area contributed by atoms with Crippen LogP contribution in [0.4, 0.5) is 0 Å². The monoisotopic (exact) mass is 423 g/mol. The maximum Gasteiger partial charge on any atom is 0.191 e. The third kappa shape index (κ3) is 6.64. The smallest absolute Gasteiger partial charge is 0.191 e. The maximum absolute atomic E-state index is 5.66. The quantitative estimate of drug-likeness (QED) is 0.249. The second-order valence-electron chi connectivity index (χ2n) is 7.16. The number of hydrogen-bond acceptors (Lipinski definition) is 4. The maximum atomic E-state index is 5.66. The summed E-state index contributed by atoms with van der Waals surface area (Å²) in [5.74, 6) is 3.39. The Morgan fingerprint density at radius 3 is 2.71 bits per heavy atom. The van der Waals surface area contributed by atoms with Crippen molar-refractivity contribution >= 4 is 17.0 Å². The van der Waals surface area contributed by atoms with Crippen LogP contribution in [0.5, 0.6) is 11.5 Å². The zero-order valence-corrected chi connectivity index (χ0v) is 18.7. The molecule has 3 rings (SSSR count). The Morgan fingerprint density at radius 1 is 1.06 bits per heavy atom. The highest BCUT2D eigenvalue weighted by Gasteiger charge is 2.06. The fourth-order valence-electron chi connectivity index (χ4n) is 3.38. The summed E-state index contributed by atoms with van der Waals surface area (Å²) >= 11 is 0. The minimum Gasteiger partial charge on any atom is -0.493 e. The summed E-state index contributed by atoms with van der Waals surface area (Å²) in [4.78, 5) is 12.7. The molecule has 3 aromatic rings. The van der Waals surface area contributed by atoms with Crippen LogP contribution in [0.2, 0.25) is 0 Å². The van der Waals surface area contributed by atoms with E-state index in [1.807, 2.05) is 37.3 Å². The van der Waals surface area contributed by atoms with Gasteiger partial charge in [-0.2, -0.15) is 0 Å². The number of guanidine groups is 1. The Hall–Kier alpha value is -3.22. The van der Waals surface area contributed by atoms with Gasteiger partial charge in [0.2, 0.25) is 0 Å². The van der Waals surface area contributed by atoms with Gasteiger partial charge in [-0.1, -0.05) is 18.2 Å². The highest BCUT2D eigenvalue weighted by molar-refractivity contribution is 5.79. The van der Waals surface area contributed by atoms with E-state index < -0.39 is 0 Å². The number of fused-ring (bicyclic) bond motifs is 1. The van der Waals surface area contributed by atoms with E-state index in [1.165, 1.54) is 5.56 Å². The van der Waals surface area contributed by atoms with Gasteiger partial charge in [0.25, 0.3) is 0 Å². The number of benzene rings is 2. The van der Waals surface area contributed by atoms with Crippen molar-refractivity contribution in [2.45, 2.75) is 33.1 Å². The van der Waals surface area contributed by atoms with Crippen molar-refractivity contribution in [2.75, 3.05) is 33.4 Å². The van der Waals surface area contributed by atoms with Crippen molar-refractivity contribution in [1.29, 1.82) is 0 Å². The highest BCUT2D eigenvalue weighted by atomic mass is 16.5. The Balaban J connectivity index is 1.47. The Kier molecular flexibility index (Phi) is 8.58. The molecule has 3 N–H and O–H groups in total. The van der Waals surface area contributed by atoms with Crippen LogP contribution in [0, 0.1) is 0 Å². The molecule has 1 heterocycles. The number of rotatable bonds is 11. The van der Waals surface area contributed by atoms with Gasteiger partial charge in [0.1, 0.15) is 5.82 Å². The Morgan fingerprint density at radius 2 is 1.94 bits per heavy atom. The van der Waals surface area contributed by atoms with Crippen molar-refractivity contribution in [3.8, 4) is 11.5 Å². The molecule has 0 saturated heterocycles. The number of ether oxygens (including phenoxy) is 2. The standard InChI is InChI=1S/C24H33N5O2/c1-4-25-24(27-16-14-23-28-19-10-6-7-11-20(19)29-23)26-15-8-9-18-12-13-21(30-3)22(17-18)31-5-2/h6-7,10-13,17H,4-5,8-9,14-16H2,1-3H3,(H,28,29)(H2,25,26,27). The van der Waals surface area contributed by atoms with E-state index in [4.69, 9.17) is 14.5 Å². The van der Waals surface area contributed by atoms with Gasteiger partial charge in [-0.25, -0.2) is 4.98 Å². The third-order valence-electron chi connectivity index (χ3n) is 4.86. The van der Waals surface area contributed by atoms with E-state index in [1.54, 1.807) is 7.11 Å². The van der Waals surface area contributed by atoms with Crippen molar-refractivity contribution in [3.05, 3.63) is 53.9 Å². The number of H-pyrrole nitrogens is 1. The summed E-state index contributed by atoms with van der Waals surface area (Å²) in [5.41, 5.74) is 3.30. The number of aromatic amines is 1. The van der Waals surface area contributed by atoms with Gasteiger partial charge in [0.15, 0.2) is 17.5 Å². The molecule has 0 amide bonds. The molecule has 7 heteroatoms. The topological polar surface area (TPSA) is 83.6 Å². The number of imidazole rings is 1. The second-order valence-corrected chi connectivity index (χ2v) is 7.16. The molecule has 0 aliphatic rings. The Labute approximate surface area is 184 Å². The summed E-state index contributed by atoms with van der Waals surface area (Å²) in [6.07, 6.45) is 2.70. The van der Waals surface area contributed by atoms with Crippen LogP contribution >= 0.6 is 0 Å². The molecular formula is C24H33N5O2. The lowest BCUT2D eigenvalue weighted by atomic mass is 10.1. The van der Waals surface area contributed by atoms with Gasteiger partial charge in [0, 0.05) is 26.1 Å². The first-order chi connectivity index (χ1) is 15.2. The molecule has 0 fully saturated rings. The average molecular weight is 424 g/mol. The number of aromatic nitrogens is 2. The van der Waals surface area contributed by atoms with E-state index in [9.17, 15) is 0 Å². The molecule has 0 aliphatic heterocycles. The van der Waals surface area contributed by atoms with E-state index in [-0.39, 0.29) is 0 Å². The van der Waals surface area contributed by atoms with Crippen LogP contribution in [0.3, 0.4) is 0 Å². The fourth-order valence-corrected chi connectivity index (χ4v) is 3.38. The second kappa shape index (κ2) is 11.8. The lowest BCUT2D eigenvalue weighted by Crippen LogP contribution is -2.38. The van der Waals surface area contributed by atoms with Gasteiger partial charge >= 0.3 is 0 Å². The average Bonchev–Trinajstić information content (AvgIpc) is 3.20. The van der Waals surface area contributed by atoms with Gasteiger partial charge in [-0.05, 0) is 56.5 Å². The number of hydrogen-bond donors (Lipinski definition) is 3. The number of aliphatic imine (C=N–C) groups is 1. The van der Waals surface area contributed by atoms with E-state index in [0.717, 1.165) is 73.2 Å². The molecular weight excluding hydrogens is 390 g/mol. The molecule has 166 valence electrons. The molecule has 1 aromatic heterocycles. The zero-order valence-electron chi connectivity index (χ0n) is 18.7. The SMILES string of the molecule is CCNC(=NCCCc1ccc(OC)c(OCC)c1)NCCc1nc2ccccc2[nH]1. The molecule has 0 bridgehead atoms.